The Bertz CT molecular complexity index is 1550. The van der Waals surface area contributed by atoms with Gasteiger partial charge in [-0.2, -0.15) is 0 Å². The molecule has 0 atom stereocenters. The number of halogens is 1. The Labute approximate surface area is 233 Å². The summed E-state index contributed by atoms with van der Waals surface area (Å²) in [6.45, 7) is 4.51. The fourth-order valence-electron chi connectivity index (χ4n) is 4.65. The summed E-state index contributed by atoms with van der Waals surface area (Å²) >= 11 is 6.48. The molecule has 12 heteroatoms. The van der Waals surface area contributed by atoms with Crippen LogP contribution in [0, 0.1) is 12.7 Å². The molecule has 2 aromatic heterocycles. The van der Waals surface area contributed by atoms with Gasteiger partial charge in [0.05, 0.1) is 10.5 Å². The first-order valence-corrected chi connectivity index (χ1v) is 13.7. The van der Waals surface area contributed by atoms with E-state index in [9.17, 15) is 18.8 Å². The van der Waals surface area contributed by atoms with Crippen LogP contribution < -0.4 is 15.4 Å². The third kappa shape index (κ3) is 5.66. The second kappa shape index (κ2) is 11.1. The van der Waals surface area contributed by atoms with Crippen LogP contribution in [0.5, 0.6) is 0 Å². The van der Waals surface area contributed by atoms with E-state index in [2.05, 4.69) is 4.90 Å². The fraction of sp³-hybridized carbons (Fsp3) is 0.296. The van der Waals surface area contributed by atoms with Crippen LogP contribution in [-0.4, -0.2) is 68.3 Å². The van der Waals surface area contributed by atoms with Gasteiger partial charge in [-0.25, -0.2) is 9.37 Å². The van der Waals surface area contributed by atoms with Gasteiger partial charge in [0.1, 0.15) is 21.6 Å². The number of pyridine rings is 1. The lowest BCUT2D eigenvalue weighted by atomic mass is 10.2. The quantitative estimate of drug-likeness (QED) is 0.340. The Balaban J connectivity index is 1.47. The van der Waals surface area contributed by atoms with Crippen LogP contribution in [0.25, 0.3) is 11.7 Å². The number of aromatic nitrogens is 2. The van der Waals surface area contributed by atoms with Gasteiger partial charge in [-0.05, 0) is 55.3 Å². The van der Waals surface area contributed by atoms with Crippen LogP contribution in [-0.2, 0) is 9.59 Å². The molecule has 2 aliphatic heterocycles. The third-order valence-electron chi connectivity index (χ3n) is 6.68. The average molecular weight is 568 g/mol. The minimum atomic E-state index is -0.939. The molecule has 2 aliphatic rings. The predicted octanol–water partition coefficient (Wildman–Crippen LogP) is 3.53. The van der Waals surface area contributed by atoms with Crippen molar-refractivity contribution in [3.63, 3.8) is 0 Å². The van der Waals surface area contributed by atoms with E-state index in [0.717, 1.165) is 23.0 Å². The van der Waals surface area contributed by atoms with E-state index in [1.165, 1.54) is 21.4 Å². The molecule has 4 heterocycles. The number of hydrogen-bond donors (Lipinski definition) is 1. The number of thiocarbonyl (C=S) groups is 1. The number of nitrogens with zero attached hydrogens (tertiary/aromatic N) is 5. The molecule has 2 fully saturated rings. The lowest BCUT2D eigenvalue weighted by Gasteiger charge is -2.37. The number of anilines is 2. The van der Waals surface area contributed by atoms with Crippen molar-refractivity contribution in [2.75, 3.05) is 42.5 Å². The number of carbonyl (C=O) groups is 2. The number of aliphatic carboxylic acids is 1. The van der Waals surface area contributed by atoms with E-state index < -0.39 is 5.97 Å². The maximum absolute atomic E-state index is 13.7. The fourth-order valence-corrected chi connectivity index (χ4v) is 5.95. The van der Waals surface area contributed by atoms with Crippen LogP contribution >= 0.6 is 24.0 Å². The summed E-state index contributed by atoms with van der Waals surface area (Å²) in [5.41, 5.74) is 2.31. The summed E-state index contributed by atoms with van der Waals surface area (Å²) < 4.78 is 15.2. The summed E-state index contributed by atoms with van der Waals surface area (Å²) in [6, 6.07) is 10.0. The van der Waals surface area contributed by atoms with Crippen LogP contribution in [0.3, 0.4) is 0 Å². The SMILES string of the molecule is Cc1ccc2nc(N3CCN(c4ccc(F)cc4)CC3)c(C=C3SC(=S)N(CCCC(=O)O)C3=O)c(=O)n2c1. The van der Waals surface area contributed by atoms with Crippen molar-refractivity contribution < 1.29 is 19.1 Å². The van der Waals surface area contributed by atoms with Gasteiger partial charge in [0.25, 0.3) is 11.5 Å². The molecule has 3 aromatic rings. The van der Waals surface area contributed by atoms with Crippen molar-refractivity contribution in [2.45, 2.75) is 19.8 Å². The number of amides is 1. The largest absolute Gasteiger partial charge is 0.481 e. The number of aryl methyl sites for hydroxylation is 1. The minimum Gasteiger partial charge on any atom is -0.481 e. The Morgan fingerprint density at radius 2 is 1.79 bits per heavy atom. The molecule has 2 saturated heterocycles. The van der Waals surface area contributed by atoms with Gasteiger partial charge in [0.2, 0.25) is 0 Å². The van der Waals surface area contributed by atoms with Gasteiger partial charge in [0.15, 0.2) is 0 Å². The molecule has 0 bridgehead atoms. The molecule has 1 aromatic carbocycles. The first kappa shape index (κ1) is 26.8. The van der Waals surface area contributed by atoms with Gasteiger partial charge in [-0.1, -0.05) is 30.0 Å². The lowest BCUT2D eigenvalue weighted by molar-refractivity contribution is -0.137. The molecule has 9 nitrogen and oxygen atoms in total. The number of piperazine rings is 1. The molecule has 1 N–H and O–H groups in total. The molecule has 0 spiro atoms. The van der Waals surface area contributed by atoms with E-state index in [-0.39, 0.29) is 36.7 Å². The zero-order valence-corrected chi connectivity index (χ0v) is 22.8. The number of thioether (sulfide) groups is 1. The van der Waals surface area contributed by atoms with Crippen LogP contribution in [0.15, 0.2) is 52.3 Å². The second-order valence-electron chi connectivity index (χ2n) is 9.37. The summed E-state index contributed by atoms with van der Waals surface area (Å²) in [5.74, 6) is -1.09. The third-order valence-corrected chi connectivity index (χ3v) is 8.06. The lowest BCUT2D eigenvalue weighted by Crippen LogP contribution is -2.47. The number of benzene rings is 1. The molecular weight excluding hydrogens is 541 g/mol. The minimum absolute atomic E-state index is 0.0700. The first-order valence-electron chi connectivity index (χ1n) is 12.5. The van der Waals surface area contributed by atoms with Crippen molar-refractivity contribution in [1.82, 2.24) is 14.3 Å². The number of hydrogen-bond acceptors (Lipinski definition) is 8. The number of fused-ring (bicyclic) bond motifs is 1. The van der Waals surface area contributed by atoms with Crippen LogP contribution in [0.1, 0.15) is 24.0 Å². The highest BCUT2D eigenvalue weighted by molar-refractivity contribution is 8.26. The van der Waals surface area contributed by atoms with Gasteiger partial charge in [-0.3, -0.25) is 23.7 Å². The standard InChI is InChI=1S/C27H26FN5O4S2/c1-17-4-9-22-29-24(31-13-11-30(12-14-31)19-7-5-18(28)6-8-19)20(25(36)33(22)16-17)15-21-26(37)32(27(38)39-21)10-2-3-23(34)35/h4-9,15-16H,2-3,10-14H2,1H3,(H,34,35). The summed E-state index contributed by atoms with van der Waals surface area (Å²) in [5, 5.41) is 8.93. The van der Waals surface area contributed by atoms with Crippen molar-refractivity contribution in [3.8, 4) is 0 Å². The Morgan fingerprint density at radius 3 is 2.49 bits per heavy atom. The van der Waals surface area contributed by atoms with Crippen molar-refractivity contribution in [2.24, 2.45) is 0 Å². The molecule has 39 heavy (non-hydrogen) atoms. The number of carbonyl (C=O) groups excluding carboxylic acids is 1. The molecule has 0 unspecified atom stereocenters. The Morgan fingerprint density at radius 1 is 1.10 bits per heavy atom. The Kier molecular flexibility index (Phi) is 7.67. The normalized spacial score (nSPS) is 17.1. The smallest absolute Gasteiger partial charge is 0.303 e. The number of carboxylic acid groups (broad SMARTS) is 1. The maximum atomic E-state index is 13.7. The second-order valence-corrected chi connectivity index (χ2v) is 11.0. The summed E-state index contributed by atoms with van der Waals surface area (Å²) in [7, 11) is 0. The highest BCUT2D eigenvalue weighted by Gasteiger charge is 2.33. The zero-order chi connectivity index (χ0) is 27.7. The molecule has 5 rings (SSSR count). The van der Waals surface area contributed by atoms with E-state index >= 15 is 0 Å². The van der Waals surface area contributed by atoms with E-state index in [1.807, 2.05) is 17.9 Å². The highest BCUT2D eigenvalue weighted by atomic mass is 32.2. The van der Waals surface area contributed by atoms with E-state index in [0.29, 0.717) is 52.4 Å². The predicted molar refractivity (Wildman–Crippen MR) is 154 cm³/mol. The molecular formula is C27H26FN5O4S2. The molecule has 0 saturated carbocycles. The van der Waals surface area contributed by atoms with E-state index in [4.69, 9.17) is 22.3 Å². The molecule has 0 aliphatic carbocycles. The van der Waals surface area contributed by atoms with E-state index in [1.54, 1.807) is 30.5 Å². The molecule has 1 amide bonds. The van der Waals surface area contributed by atoms with Gasteiger partial charge in [0, 0.05) is 51.0 Å². The number of carboxylic acids is 1. The molecule has 202 valence electrons. The topological polar surface area (TPSA) is 98.5 Å². The van der Waals surface area contributed by atoms with Crippen molar-refractivity contribution >= 4 is 63.4 Å². The highest BCUT2D eigenvalue weighted by Crippen LogP contribution is 2.34. The summed E-state index contributed by atoms with van der Waals surface area (Å²) in [6.07, 6.45) is 3.48. The van der Waals surface area contributed by atoms with Gasteiger partial charge in [-0.15, -0.1) is 0 Å². The van der Waals surface area contributed by atoms with Crippen LogP contribution in [0.4, 0.5) is 15.9 Å². The van der Waals surface area contributed by atoms with Crippen molar-refractivity contribution in [3.05, 3.63) is 74.8 Å². The number of rotatable bonds is 7. The monoisotopic (exact) mass is 567 g/mol. The average Bonchev–Trinajstić information content (AvgIpc) is 3.18. The van der Waals surface area contributed by atoms with Crippen molar-refractivity contribution in [1.29, 1.82) is 0 Å². The molecule has 0 radical (unpaired) electrons. The first-order chi connectivity index (χ1) is 18.7. The Hall–Kier alpha value is -3.77. The van der Waals surface area contributed by atoms with Gasteiger partial charge < -0.3 is 14.9 Å². The van der Waals surface area contributed by atoms with Gasteiger partial charge >= 0.3 is 5.97 Å². The maximum Gasteiger partial charge on any atom is 0.303 e. The van der Waals surface area contributed by atoms with Crippen LogP contribution in [0.2, 0.25) is 0 Å². The summed E-state index contributed by atoms with van der Waals surface area (Å²) in [4.78, 5) is 48.5. The zero-order valence-electron chi connectivity index (χ0n) is 21.2.